The quantitative estimate of drug-likeness (QED) is 0.681. The van der Waals surface area contributed by atoms with Crippen molar-refractivity contribution in [3.63, 3.8) is 0 Å². The van der Waals surface area contributed by atoms with E-state index in [1.165, 1.54) is 19.4 Å². The highest BCUT2D eigenvalue weighted by Crippen LogP contribution is 2.38. The van der Waals surface area contributed by atoms with Crippen molar-refractivity contribution in [2.24, 2.45) is 11.8 Å². The summed E-state index contributed by atoms with van der Waals surface area (Å²) < 4.78 is 0. The summed E-state index contributed by atoms with van der Waals surface area (Å²) in [5.74, 6) is 0.553. The second kappa shape index (κ2) is 6.90. The van der Waals surface area contributed by atoms with Gasteiger partial charge in [0.05, 0.1) is 0 Å². The number of hydrogen-bond donors (Lipinski definition) is 2. The topological polar surface area (TPSA) is 52.6 Å². The highest BCUT2D eigenvalue weighted by atomic mass is 16.4. The van der Waals surface area contributed by atoms with Crippen molar-refractivity contribution >= 4 is 5.97 Å². The van der Waals surface area contributed by atoms with Gasteiger partial charge in [0.2, 0.25) is 0 Å². The molecule has 20 heavy (non-hydrogen) atoms. The number of nitrogens with zero attached hydrogens (tertiary/aromatic N) is 1. The van der Waals surface area contributed by atoms with Crippen LogP contribution in [0.3, 0.4) is 0 Å². The van der Waals surface area contributed by atoms with E-state index < -0.39 is 11.5 Å². The Hall–Kier alpha value is -0.610. The molecule has 0 bridgehead atoms. The normalized spacial score (nSPS) is 30.1. The highest BCUT2D eigenvalue weighted by Gasteiger charge is 2.48. The maximum absolute atomic E-state index is 11.7. The van der Waals surface area contributed by atoms with Gasteiger partial charge < -0.3 is 15.3 Å². The molecule has 2 rings (SSSR count). The van der Waals surface area contributed by atoms with Crippen LogP contribution in [0.2, 0.25) is 0 Å². The minimum Gasteiger partial charge on any atom is -0.480 e. The molecule has 0 aromatic rings. The number of likely N-dealkylation sites (N-methyl/N-ethyl adjacent to an activating group) is 1. The average molecular weight is 282 g/mol. The molecule has 0 aliphatic heterocycles. The zero-order valence-electron chi connectivity index (χ0n) is 13.0. The highest BCUT2D eigenvalue weighted by molar-refractivity contribution is 5.79. The minimum absolute atomic E-state index is 0.285. The molecule has 0 aromatic carbocycles. The monoisotopic (exact) mass is 282 g/mol. The summed E-state index contributed by atoms with van der Waals surface area (Å²) in [6.45, 7) is 8.31. The Morgan fingerprint density at radius 1 is 1.35 bits per heavy atom. The number of nitrogens with one attached hydrogen (secondary N) is 1. The first-order valence-corrected chi connectivity index (χ1v) is 8.33. The number of rotatable bonds is 9. The van der Waals surface area contributed by atoms with Gasteiger partial charge in [-0.25, -0.2) is 0 Å². The Balaban J connectivity index is 1.90. The SMILES string of the molecule is CCNC1(C(=O)O)CCCC1CCN(CC)CC1CC1. The van der Waals surface area contributed by atoms with Gasteiger partial charge in [-0.1, -0.05) is 20.3 Å². The molecule has 116 valence electrons. The van der Waals surface area contributed by atoms with Gasteiger partial charge in [0.15, 0.2) is 0 Å². The molecule has 2 unspecified atom stereocenters. The van der Waals surface area contributed by atoms with Gasteiger partial charge in [0.25, 0.3) is 0 Å². The first kappa shape index (κ1) is 15.8. The Bertz CT molecular complexity index is 330. The molecular weight excluding hydrogens is 252 g/mol. The summed E-state index contributed by atoms with van der Waals surface area (Å²) in [5, 5.41) is 13.0. The summed E-state index contributed by atoms with van der Waals surface area (Å²) in [5.41, 5.74) is -0.659. The summed E-state index contributed by atoms with van der Waals surface area (Å²) in [6, 6.07) is 0. The smallest absolute Gasteiger partial charge is 0.324 e. The maximum atomic E-state index is 11.7. The van der Waals surface area contributed by atoms with Crippen molar-refractivity contribution in [1.82, 2.24) is 10.2 Å². The zero-order chi connectivity index (χ0) is 14.6. The van der Waals surface area contributed by atoms with Crippen LogP contribution in [-0.2, 0) is 4.79 Å². The van der Waals surface area contributed by atoms with Crippen molar-refractivity contribution in [1.29, 1.82) is 0 Å². The van der Waals surface area contributed by atoms with Crippen LogP contribution < -0.4 is 5.32 Å². The van der Waals surface area contributed by atoms with Gasteiger partial charge in [-0.15, -0.1) is 0 Å². The molecule has 4 heteroatoms. The maximum Gasteiger partial charge on any atom is 0.324 e. The number of hydrogen-bond acceptors (Lipinski definition) is 3. The molecule has 2 aliphatic rings. The molecule has 2 aliphatic carbocycles. The molecule has 2 saturated carbocycles. The van der Waals surface area contributed by atoms with Crippen LogP contribution in [0.4, 0.5) is 0 Å². The Morgan fingerprint density at radius 3 is 2.65 bits per heavy atom. The van der Waals surface area contributed by atoms with E-state index in [1.54, 1.807) is 0 Å². The van der Waals surface area contributed by atoms with Crippen LogP contribution in [0.25, 0.3) is 0 Å². The lowest BCUT2D eigenvalue weighted by Crippen LogP contribution is -2.55. The lowest BCUT2D eigenvalue weighted by molar-refractivity contribution is -0.146. The molecular formula is C16H30N2O2. The van der Waals surface area contributed by atoms with Crippen LogP contribution in [0.15, 0.2) is 0 Å². The van der Waals surface area contributed by atoms with E-state index >= 15 is 0 Å². The first-order valence-electron chi connectivity index (χ1n) is 8.33. The number of carboxylic acids is 1. The fourth-order valence-corrected chi connectivity index (χ4v) is 3.76. The predicted octanol–water partition coefficient (Wildman–Crippen LogP) is 2.34. The van der Waals surface area contributed by atoms with E-state index in [-0.39, 0.29) is 5.92 Å². The van der Waals surface area contributed by atoms with Gasteiger partial charge in [0, 0.05) is 6.54 Å². The lowest BCUT2D eigenvalue weighted by Gasteiger charge is -2.33. The van der Waals surface area contributed by atoms with E-state index in [9.17, 15) is 9.90 Å². The second-order valence-corrected chi connectivity index (χ2v) is 6.52. The minimum atomic E-state index is -0.659. The molecule has 2 fully saturated rings. The van der Waals surface area contributed by atoms with Crippen molar-refractivity contribution < 1.29 is 9.90 Å². The number of aliphatic carboxylic acids is 1. The van der Waals surface area contributed by atoms with E-state index in [1.807, 2.05) is 6.92 Å². The fourth-order valence-electron chi connectivity index (χ4n) is 3.76. The largest absolute Gasteiger partial charge is 0.480 e. The molecule has 4 nitrogen and oxygen atoms in total. The van der Waals surface area contributed by atoms with Crippen LogP contribution >= 0.6 is 0 Å². The predicted molar refractivity (Wildman–Crippen MR) is 80.8 cm³/mol. The summed E-state index contributed by atoms with van der Waals surface area (Å²) in [7, 11) is 0. The molecule has 0 amide bonds. The van der Waals surface area contributed by atoms with Gasteiger partial charge in [-0.05, 0) is 63.6 Å². The molecule has 0 heterocycles. The summed E-state index contributed by atoms with van der Waals surface area (Å²) in [4.78, 5) is 14.3. The molecule has 0 spiro atoms. The molecule has 0 aromatic heterocycles. The average Bonchev–Trinajstić information content (AvgIpc) is 3.15. The Labute approximate surface area is 122 Å². The fraction of sp³-hybridized carbons (Fsp3) is 0.938. The van der Waals surface area contributed by atoms with E-state index in [2.05, 4.69) is 17.1 Å². The third-order valence-corrected chi connectivity index (χ3v) is 5.15. The number of carbonyl (C=O) groups is 1. The van der Waals surface area contributed by atoms with E-state index in [0.717, 1.165) is 51.2 Å². The molecule has 0 saturated heterocycles. The zero-order valence-corrected chi connectivity index (χ0v) is 13.0. The van der Waals surface area contributed by atoms with Gasteiger partial charge >= 0.3 is 5.97 Å². The van der Waals surface area contributed by atoms with Gasteiger partial charge in [-0.3, -0.25) is 4.79 Å². The third kappa shape index (κ3) is 3.53. The van der Waals surface area contributed by atoms with Crippen LogP contribution in [-0.4, -0.2) is 47.7 Å². The van der Waals surface area contributed by atoms with E-state index in [0.29, 0.717) is 0 Å². The van der Waals surface area contributed by atoms with Crippen molar-refractivity contribution in [2.75, 3.05) is 26.2 Å². The summed E-state index contributed by atoms with van der Waals surface area (Å²) in [6.07, 6.45) is 6.67. The van der Waals surface area contributed by atoms with Crippen LogP contribution in [0, 0.1) is 11.8 Å². The molecule has 2 atom stereocenters. The van der Waals surface area contributed by atoms with Crippen LogP contribution in [0.1, 0.15) is 52.4 Å². The Morgan fingerprint density at radius 2 is 2.10 bits per heavy atom. The van der Waals surface area contributed by atoms with Crippen molar-refractivity contribution in [3.8, 4) is 0 Å². The van der Waals surface area contributed by atoms with Gasteiger partial charge in [0.1, 0.15) is 5.54 Å². The molecule has 2 N–H and O–H groups in total. The second-order valence-electron chi connectivity index (χ2n) is 6.52. The first-order chi connectivity index (χ1) is 9.62. The number of carboxylic acid groups (broad SMARTS) is 1. The van der Waals surface area contributed by atoms with Crippen molar-refractivity contribution in [3.05, 3.63) is 0 Å². The van der Waals surface area contributed by atoms with Crippen LogP contribution in [0.5, 0.6) is 0 Å². The lowest BCUT2D eigenvalue weighted by atomic mass is 9.84. The standard InChI is InChI=1S/C16H30N2O2/c1-3-17-16(15(19)20)10-5-6-14(16)9-11-18(4-2)12-13-7-8-13/h13-14,17H,3-12H2,1-2H3,(H,19,20). The van der Waals surface area contributed by atoms with Gasteiger partial charge in [-0.2, -0.15) is 0 Å². The third-order valence-electron chi connectivity index (χ3n) is 5.15. The summed E-state index contributed by atoms with van der Waals surface area (Å²) >= 11 is 0. The Kier molecular flexibility index (Phi) is 5.44. The van der Waals surface area contributed by atoms with E-state index in [4.69, 9.17) is 0 Å². The van der Waals surface area contributed by atoms with Crippen molar-refractivity contribution in [2.45, 2.75) is 57.9 Å². The molecule has 0 radical (unpaired) electrons.